The highest BCUT2D eigenvalue weighted by Gasteiger charge is 2.41. The van der Waals surface area contributed by atoms with Gasteiger partial charge in [-0.2, -0.15) is 0 Å². The van der Waals surface area contributed by atoms with E-state index in [1.165, 1.54) is 16.7 Å². The van der Waals surface area contributed by atoms with Gasteiger partial charge < -0.3 is 10.3 Å². The van der Waals surface area contributed by atoms with E-state index >= 15 is 0 Å². The van der Waals surface area contributed by atoms with E-state index in [0.717, 1.165) is 6.42 Å². The van der Waals surface area contributed by atoms with Gasteiger partial charge in [-0.05, 0) is 20.3 Å². The van der Waals surface area contributed by atoms with Crippen LogP contribution in [0.4, 0.5) is 0 Å². The molecule has 116 valence electrons. The molecule has 2 heterocycles. The summed E-state index contributed by atoms with van der Waals surface area (Å²) in [6.45, 7) is 6.82. The molecule has 0 aliphatic carbocycles. The van der Waals surface area contributed by atoms with Crippen LogP contribution in [-0.2, 0) is 22.7 Å². The molecule has 21 heavy (non-hydrogen) atoms. The Morgan fingerprint density at radius 2 is 2.10 bits per heavy atom. The van der Waals surface area contributed by atoms with Crippen LogP contribution < -0.4 is 5.73 Å². The van der Waals surface area contributed by atoms with Crippen LogP contribution in [0.2, 0.25) is 0 Å². The van der Waals surface area contributed by atoms with Crippen molar-refractivity contribution in [3.63, 3.8) is 0 Å². The highest BCUT2D eigenvalue weighted by molar-refractivity contribution is 8.00. The third kappa shape index (κ3) is 2.96. The summed E-state index contributed by atoms with van der Waals surface area (Å²) >= 11 is 1.30. The van der Waals surface area contributed by atoms with Gasteiger partial charge in [0, 0.05) is 19.0 Å². The Morgan fingerprint density at radius 3 is 2.67 bits per heavy atom. The Bertz CT molecular complexity index is 545. The maximum Gasteiger partial charge on any atom is 0.243 e. The van der Waals surface area contributed by atoms with Crippen molar-refractivity contribution in [1.82, 2.24) is 19.7 Å². The lowest BCUT2D eigenvalue weighted by atomic mass is 10.2. The van der Waals surface area contributed by atoms with E-state index in [-0.39, 0.29) is 24.3 Å². The van der Waals surface area contributed by atoms with Crippen molar-refractivity contribution < 1.29 is 9.59 Å². The van der Waals surface area contributed by atoms with Gasteiger partial charge in [0.1, 0.15) is 11.1 Å². The predicted octanol–water partition coefficient (Wildman–Crippen LogP) is 0.775. The lowest BCUT2D eigenvalue weighted by molar-refractivity contribution is -0.140. The minimum Gasteiger partial charge on any atom is -0.324 e. The van der Waals surface area contributed by atoms with E-state index in [9.17, 15) is 9.59 Å². The molecule has 2 amide bonds. The monoisotopic (exact) mass is 311 g/mol. The summed E-state index contributed by atoms with van der Waals surface area (Å²) in [4.78, 5) is 25.8. The summed E-state index contributed by atoms with van der Waals surface area (Å²) in [6.07, 6.45) is 0.986. The maximum atomic E-state index is 12.4. The van der Waals surface area contributed by atoms with Crippen LogP contribution in [0.1, 0.15) is 39.4 Å². The average Bonchev–Trinajstić information content (AvgIpc) is 2.99. The van der Waals surface area contributed by atoms with E-state index in [0.29, 0.717) is 24.1 Å². The molecule has 0 bridgehead atoms. The first-order chi connectivity index (χ1) is 10.0. The number of aromatic nitrogens is 3. The van der Waals surface area contributed by atoms with Crippen molar-refractivity contribution in [2.24, 2.45) is 5.73 Å². The second kappa shape index (κ2) is 6.57. The number of carbonyl (C=O) groups is 2. The fourth-order valence-corrected chi connectivity index (χ4v) is 3.51. The Hall–Kier alpha value is -1.41. The summed E-state index contributed by atoms with van der Waals surface area (Å²) in [5.74, 6) is 0.461. The first-order valence-corrected chi connectivity index (χ1v) is 8.06. The number of rotatable bonds is 6. The molecule has 0 saturated carbocycles. The second-order valence-corrected chi connectivity index (χ2v) is 6.19. The third-order valence-electron chi connectivity index (χ3n) is 3.71. The molecule has 0 spiro atoms. The van der Waals surface area contributed by atoms with Gasteiger partial charge in [0.2, 0.25) is 11.8 Å². The fraction of sp³-hybridized carbons (Fsp3) is 0.692. The molecule has 2 atom stereocenters. The van der Waals surface area contributed by atoms with E-state index in [1.807, 2.05) is 25.3 Å². The molecule has 0 aromatic carbocycles. The number of nitrogens with zero attached hydrogens (tertiary/aromatic N) is 4. The topological polar surface area (TPSA) is 94.1 Å². The van der Waals surface area contributed by atoms with Gasteiger partial charge in [0.05, 0.1) is 6.54 Å². The molecule has 8 heteroatoms. The van der Waals surface area contributed by atoms with Crippen LogP contribution in [0.3, 0.4) is 0 Å². The van der Waals surface area contributed by atoms with E-state index < -0.39 is 5.25 Å². The number of hydrogen-bond donors (Lipinski definition) is 1. The molecule has 2 unspecified atom stereocenters. The Labute approximate surface area is 128 Å². The van der Waals surface area contributed by atoms with Crippen molar-refractivity contribution in [2.75, 3.05) is 0 Å². The largest absolute Gasteiger partial charge is 0.324 e. The van der Waals surface area contributed by atoms with Crippen molar-refractivity contribution in [1.29, 1.82) is 0 Å². The second-order valence-electron chi connectivity index (χ2n) is 5.02. The standard InChI is InChI=1S/C13H21N5O2S/c1-4-8(3)18-11(19)6-9(12(18)20)21-13-16-15-10(7-14)17(13)5-2/h8-9H,4-7,14H2,1-3H3. The molecule has 7 nitrogen and oxygen atoms in total. The third-order valence-corrected chi connectivity index (χ3v) is 4.88. The lowest BCUT2D eigenvalue weighted by Gasteiger charge is -2.21. The summed E-state index contributed by atoms with van der Waals surface area (Å²) in [5.41, 5.74) is 5.61. The van der Waals surface area contributed by atoms with Gasteiger partial charge in [-0.15, -0.1) is 10.2 Å². The zero-order valence-corrected chi connectivity index (χ0v) is 13.4. The lowest BCUT2D eigenvalue weighted by Crippen LogP contribution is -2.38. The average molecular weight is 311 g/mol. The number of thioether (sulfide) groups is 1. The number of carbonyl (C=O) groups excluding carboxylic acids is 2. The number of nitrogens with two attached hydrogens (primary N) is 1. The number of imide groups is 1. The highest BCUT2D eigenvalue weighted by atomic mass is 32.2. The zero-order chi connectivity index (χ0) is 15.6. The molecule has 0 radical (unpaired) electrons. The normalized spacial score (nSPS) is 20.4. The molecule has 1 aromatic rings. The summed E-state index contributed by atoms with van der Waals surface area (Å²) in [7, 11) is 0. The predicted molar refractivity (Wildman–Crippen MR) is 79.5 cm³/mol. The Balaban J connectivity index is 2.16. The zero-order valence-electron chi connectivity index (χ0n) is 12.6. The molecule has 2 rings (SSSR count). The molecular formula is C13H21N5O2S. The highest BCUT2D eigenvalue weighted by Crippen LogP contribution is 2.32. The van der Waals surface area contributed by atoms with E-state index in [4.69, 9.17) is 5.73 Å². The fourth-order valence-electron chi connectivity index (χ4n) is 2.36. The van der Waals surface area contributed by atoms with Crippen LogP contribution >= 0.6 is 11.8 Å². The molecule has 2 N–H and O–H groups in total. The van der Waals surface area contributed by atoms with Crippen LogP contribution in [0.25, 0.3) is 0 Å². The quantitative estimate of drug-likeness (QED) is 0.780. The van der Waals surface area contributed by atoms with E-state index in [1.54, 1.807) is 0 Å². The SMILES string of the molecule is CCC(C)N1C(=O)CC(Sc2nnc(CN)n2CC)C1=O. The minimum atomic E-state index is -0.411. The summed E-state index contributed by atoms with van der Waals surface area (Å²) < 4.78 is 1.88. The molecule has 1 fully saturated rings. The first kappa shape index (κ1) is 16.0. The molecule has 1 aliphatic rings. The number of amides is 2. The van der Waals surface area contributed by atoms with Gasteiger partial charge in [-0.3, -0.25) is 14.5 Å². The first-order valence-electron chi connectivity index (χ1n) is 7.18. The van der Waals surface area contributed by atoms with Crippen molar-refractivity contribution in [3.8, 4) is 0 Å². The van der Waals surface area contributed by atoms with E-state index in [2.05, 4.69) is 10.2 Å². The summed E-state index contributed by atoms with van der Waals surface area (Å²) in [5, 5.41) is 8.34. The van der Waals surface area contributed by atoms with Gasteiger partial charge in [-0.25, -0.2) is 0 Å². The van der Waals surface area contributed by atoms with Crippen LogP contribution in [0.15, 0.2) is 5.16 Å². The van der Waals surface area contributed by atoms with Crippen LogP contribution in [0, 0.1) is 0 Å². The van der Waals surface area contributed by atoms with Crippen molar-refractivity contribution in [3.05, 3.63) is 5.82 Å². The van der Waals surface area contributed by atoms with Crippen molar-refractivity contribution >= 4 is 23.6 Å². The smallest absolute Gasteiger partial charge is 0.243 e. The molecule has 1 saturated heterocycles. The number of hydrogen-bond acceptors (Lipinski definition) is 6. The maximum absolute atomic E-state index is 12.4. The van der Waals surface area contributed by atoms with Gasteiger partial charge in [0.25, 0.3) is 0 Å². The van der Waals surface area contributed by atoms with Crippen molar-refractivity contribution in [2.45, 2.75) is 63.2 Å². The minimum absolute atomic E-state index is 0.0563. The molecule has 1 aromatic heterocycles. The van der Waals surface area contributed by atoms with Crippen LogP contribution in [-0.4, -0.2) is 42.8 Å². The summed E-state index contributed by atoms with van der Waals surface area (Å²) in [6, 6.07) is -0.0563. The van der Waals surface area contributed by atoms with Gasteiger partial charge in [0.15, 0.2) is 5.16 Å². The number of likely N-dealkylation sites (tertiary alicyclic amines) is 1. The molecule has 1 aliphatic heterocycles. The van der Waals surface area contributed by atoms with Gasteiger partial charge in [-0.1, -0.05) is 18.7 Å². The molecular weight excluding hydrogens is 290 g/mol. The van der Waals surface area contributed by atoms with Crippen LogP contribution in [0.5, 0.6) is 0 Å². The Kier molecular flexibility index (Phi) is 5.00. The van der Waals surface area contributed by atoms with Gasteiger partial charge >= 0.3 is 0 Å². The Morgan fingerprint density at radius 1 is 1.38 bits per heavy atom.